The third kappa shape index (κ3) is 3.43. The first kappa shape index (κ1) is 16.0. The standard InChI is InChI=1S/C11H15F3N4O2S/c1-15-10-16-5-9(6-17-10)21(19,20)18-4-2-3-8(7-18)11(12,13)14/h5-6,8H,2-4,7H2,1H3,(H,15,16,17). The Bertz CT molecular complexity index is 588. The van der Waals surface area contributed by atoms with Crippen LogP contribution in [0, 0.1) is 5.92 Å². The summed E-state index contributed by atoms with van der Waals surface area (Å²) in [5.74, 6) is -1.39. The molecule has 1 unspecified atom stereocenters. The van der Waals surface area contributed by atoms with E-state index in [1.807, 2.05) is 0 Å². The average molecular weight is 324 g/mol. The van der Waals surface area contributed by atoms with Crippen molar-refractivity contribution in [2.45, 2.75) is 23.9 Å². The van der Waals surface area contributed by atoms with Crippen molar-refractivity contribution >= 4 is 16.0 Å². The molecule has 1 fully saturated rings. The lowest BCUT2D eigenvalue weighted by atomic mass is 9.99. The minimum atomic E-state index is -4.39. The Morgan fingerprint density at radius 3 is 2.48 bits per heavy atom. The summed E-state index contributed by atoms with van der Waals surface area (Å²) in [4.78, 5) is 7.35. The van der Waals surface area contributed by atoms with E-state index in [0.717, 1.165) is 16.7 Å². The van der Waals surface area contributed by atoms with E-state index in [1.54, 1.807) is 7.05 Å². The predicted molar refractivity (Wildman–Crippen MR) is 69.1 cm³/mol. The largest absolute Gasteiger partial charge is 0.393 e. The molecule has 1 aromatic heterocycles. The SMILES string of the molecule is CNc1ncc(S(=O)(=O)N2CCCC(C(F)(F)F)C2)cn1. The quantitative estimate of drug-likeness (QED) is 0.911. The molecule has 0 amide bonds. The Kier molecular flexibility index (Phi) is 4.38. The number of hydrogen-bond donors (Lipinski definition) is 1. The van der Waals surface area contributed by atoms with Crippen LogP contribution in [0.2, 0.25) is 0 Å². The van der Waals surface area contributed by atoms with E-state index in [9.17, 15) is 21.6 Å². The molecule has 0 radical (unpaired) electrons. The molecule has 0 aromatic carbocycles. The lowest BCUT2D eigenvalue weighted by Crippen LogP contribution is -2.44. The number of anilines is 1. The molecule has 0 saturated carbocycles. The fourth-order valence-electron chi connectivity index (χ4n) is 2.16. The van der Waals surface area contributed by atoms with Gasteiger partial charge in [0.15, 0.2) is 0 Å². The lowest BCUT2D eigenvalue weighted by molar-refractivity contribution is -0.182. The first-order valence-electron chi connectivity index (χ1n) is 6.32. The fourth-order valence-corrected chi connectivity index (χ4v) is 3.57. The topological polar surface area (TPSA) is 75.2 Å². The number of hydrogen-bond acceptors (Lipinski definition) is 5. The molecule has 1 N–H and O–H groups in total. The van der Waals surface area contributed by atoms with Gasteiger partial charge in [-0.1, -0.05) is 0 Å². The van der Waals surface area contributed by atoms with Gasteiger partial charge in [-0.2, -0.15) is 17.5 Å². The van der Waals surface area contributed by atoms with Gasteiger partial charge < -0.3 is 5.32 Å². The number of nitrogens with one attached hydrogen (secondary N) is 1. The van der Waals surface area contributed by atoms with Crippen molar-refractivity contribution in [3.8, 4) is 0 Å². The van der Waals surface area contributed by atoms with Crippen LogP contribution in [0.5, 0.6) is 0 Å². The van der Waals surface area contributed by atoms with E-state index in [0.29, 0.717) is 0 Å². The van der Waals surface area contributed by atoms with Gasteiger partial charge >= 0.3 is 6.18 Å². The Labute approximate surface area is 120 Å². The Balaban J connectivity index is 2.22. The summed E-state index contributed by atoms with van der Waals surface area (Å²) in [5, 5.41) is 2.63. The first-order valence-corrected chi connectivity index (χ1v) is 7.76. The molecule has 1 aliphatic heterocycles. The molecule has 1 aliphatic rings. The van der Waals surface area contributed by atoms with Crippen molar-refractivity contribution in [3.05, 3.63) is 12.4 Å². The molecule has 0 aliphatic carbocycles. The normalized spacial score (nSPS) is 21.2. The highest BCUT2D eigenvalue weighted by Crippen LogP contribution is 2.34. The van der Waals surface area contributed by atoms with Gasteiger partial charge in [0, 0.05) is 20.1 Å². The van der Waals surface area contributed by atoms with Gasteiger partial charge in [0.1, 0.15) is 4.90 Å². The second kappa shape index (κ2) is 5.76. The van der Waals surface area contributed by atoms with Crippen LogP contribution in [0.25, 0.3) is 0 Å². The summed E-state index contributed by atoms with van der Waals surface area (Å²) >= 11 is 0. The van der Waals surface area contributed by atoms with Gasteiger partial charge in [0.2, 0.25) is 16.0 Å². The molecule has 6 nitrogen and oxygen atoms in total. The molecule has 118 valence electrons. The molecular formula is C11H15F3N4O2S. The van der Waals surface area contributed by atoms with E-state index < -0.39 is 28.7 Å². The summed E-state index contributed by atoms with van der Waals surface area (Å²) in [6, 6.07) is 0. The zero-order valence-corrected chi connectivity index (χ0v) is 12.1. The van der Waals surface area contributed by atoms with Crippen LogP contribution in [0.15, 0.2) is 17.3 Å². The van der Waals surface area contributed by atoms with Crippen LogP contribution in [0.4, 0.5) is 19.1 Å². The molecule has 0 spiro atoms. The van der Waals surface area contributed by atoms with Crippen molar-refractivity contribution in [2.24, 2.45) is 5.92 Å². The third-order valence-corrected chi connectivity index (χ3v) is 5.15. The zero-order valence-electron chi connectivity index (χ0n) is 11.3. The van der Waals surface area contributed by atoms with E-state index in [-0.39, 0.29) is 30.2 Å². The lowest BCUT2D eigenvalue weighted by Gasteiger charge is -2.32. The highest BCUT2D eigenvalue weighted by molar-refractivity contribution is 7.89. The maximum atomic E-state index is 12.7. The molecule has 2 heterocycles. The van der Waals surface area contributed by atoms with E-state index in [1.165, 1.54) is 0 Å². The van der Waals surface area contributed by atoms with Crippen LogP contribution in [0.1, 0.15) is 12.8 Å². The van der Waals surface area contributed by atoms with E-state index in [2.05, 4.69) is 15.3 Å². The van der Waals surface area contributed by atoms with Gasteiger partial charge in [-0.25, -0.2) is 18.4 Å². The van der Waals surface area contributed by atoms with E-state index in [4.69, 9.17) is 0 Å². The fraction of sp³-hybridized carbons (Fsp3) is 0.636. The van der Waals surface area contributed by atoms with Gasteiger partial charge in [-0.3, -0.25) is 0 Å². The Hall–Kier alpha value is -1.42. The van der Waals surface area contributed by atoms with Crippen molar-refractivity contribution in [1.29, 1.82) is 0 Å². The summed E-state index contributed by atoms with van der Waals surface area (Å²) < 4.78 is 63.7. The van der Waals surface area contributed by atoms with Crippen LogP contribution in [-0.4, -0.2) is 49.0 Å². The van der Waals surface area contributed by atoms with Gasteiger partial charge in [-0.15, -0.1) is 0 Å². The number of alkyl halides is 3. The highest BCUT2D eigenvalue weighted by atomic mass is 32.2. The molecule has 10 heteroatoms. The number of sulfonamides is 1. The Morgan fingerprint density at radius 2 is 1.95 bits per heavy atom. The summed E-state index contributed by atoms with van der Waals surface area (Å²) in [5.41, 5.74) is 0. The van der Waals surface area contributed by atoms with Crippen molar-refractivity contribution < 1.29 is 21.6 Å². The second-order valence-electron chi connectivity index (χ2n) is 4.74. The molecular weight excluding hydrogens is 309 g/mol. The molecule has 1 atom stereocenters. The Morgan fingerprint density at radius 1 is 1.33 bits per heavy atom. The molecule has 0 bridgehead atoms. The first-order chi connectivity index (χ1) is 9.75. The van der Waals surface area contributed by atoms with Crippen LogP contribution < -0.4 is 5.32 Å². The molecule has 1 saturated heterocycles. The average Bonchev–Trinajstić information content (AvgIpc) is 2.46. The van der Waals surface area contributed by atoms with E-state index >= 15 is 0 Å². The minimum absolute atomic E-state index is 0.0509. The van der Waals surface area contributed by atoms with Crippen LogP contribution in [0.3, 0.4) is 0 Å². The number of piperidine rings is 1. The molecule has 21 heavy (non-hydrogen) atoms. The number of nitrogens with zero attached hydrogens (tertiary/aromatic N) is 3. The van der Waals surface area contributed by atoms with Gasteiger partial charge in [0.05, 0.1) is 18.3 Å². The molecule has 1 aromatic rings. The third-order valence-electron chi connectivity index (χ3n) is 3.34. The zero-order chi connectivity index (χ0) is 15.7. The second-order valence-corrected chi connectivity index (χ2v) is 6.67. The van der Waals surface area contributed by atoms with Crippen molar-refractivity contribution in [3.63, 3.8) is 0 Å². The number of aromatic nitrogens is 2. The van der Waals surface area contributed by atoms with Crippen molar-refractivity contribution in [2.75, 3.05) is 25.5 Å². The highest BCUT2D eigenvalue weighted by Gasteiger charge is 2.44. The summed E-state index contributed by atoms with van der Waals surface area (Å²) in [6.07, 6.45) is -2.08. The van der Waals surface area contributed by atoms with Crippen LogP contribution in [-0.2, 0) is 10.0 Å². The minimum Gasteiger partial charge on any atom is -0.357 e. The van der Waals surface area contributed by atoms with Crippen LogP contribution >= 0.6 is 0 Å². The maximum absolute atomic E-state index is 12.7. The number of halogens is 3. The maximum Gasteiger partial charge on any atom is 0.393 e. The van der Waals surface area contributed by atoms with Gasteiger partial charge in [-0.05, 0) is 12.8 Å². The van der Waals surface area contributed by atoms with Gasteiger partial charge in [0.25, 0.3) is 0 Å². The van der Waals surface area contributed by atoms with Crippen molar-refractivity contribution in [1.82, 2.24) is 14.3 Å². The monoisotopic (exact) mass is 324 g/mol. The predicted octanol–water partition coefficient (Wildman–Crippen LogP) is 1.48. The summed E-state index contributed by atoms with van der Waals surface area (Å²) in [7, 11) is -2.43. The molecule has 2 rings (SSSR count). The summed E-state index contributed by atoms with van der Waals surface area (Å²) in [6.45, 7) is -0.484. The smallest absolute Gasteiger partial charge is 0.357 e. The number of rotatable bonds is 3.